The van der Waals surface area contributed by atoms with E-state index in [0.29, 0.717) is 11.3 Å². The van der Waals surface area contributed by atoms with Crippen molar-refractivity contribution < 1.29 is 5.11 Å². The van der Waals surface area contributed by atoms with Crippen molar-refractivity contribution in [1.29, 1.82) is 0 Å². The summed E-state index contributed by atoms with van der Waals surface area (Å²) in [4.78, 5) is 29.8. The molecule has 0 aliphatic carbocycles. The van der Waals surface area contributed by atoms with Crippen LogP contribution in [-0.2, 0) is 7.05 Å². The van der Waals surface area contributed by atoms with E-state index in [1.807, 2.05) is 24.3 Å². The molecule has 4 rings (SSSR count). The third kappa shape index (κ3) is 2.39. The van der Waals surface area contributed by atoms with Crippen molar-refractivity contribution in [2.45, 2.75) is 0 Å². The molecule has 1 aliphatic heterocycles. The summed E-state index contributed by atoms with van der Waals surface area (Å²) in [5.74, 6) is -0.377. The molecule has 6 heteroatoms. The maximum absolute atomic E-state index is 13.0. The Bertz CT molecular complexity index is 1190. The van der Waals surface area contributed by atoms with Crippen molar-refractivity contribution in [2.24, 2.45) is 12.0 Å². The van der Waals surface area contributed by atoms with Crippen LogP contribution >= 0.6 is 0 Å². The van der Waals surface area contributed by atoms with Crippen LogP contribution in [0.25, 0.3) is 17.3 Å². The molecule has 128 valence electrons. The van der Waals surface area contributed by atoms with Gasteiger partial charge in [0.05, 0.1) is 11.4 Å². The predicted molar refractivity (Wildman–Crippen MR) is 101 cm³/mol. The SMILES string of the molecule is Cn1c(O)c(C=C2C=Nc3ccccc32)c(=O)n(-c2ccccc2)c1=O. The second-order valence-electron chi connectivity index (χ2n) is 5.93. The topological polar surface area (TPSA) is 76.6 Å². The molecule has 3 aromatic rings. The first-order valence-corrected chi connectivity index (χ1v) is 8.03. The quantitative estimate of drug-likeness (QED) is 0.775. The van der Waals surface area contributed by atoms with Crippen LogP contribution in [0.3, 0.4) is 0 Å². The summed E-state index contributed by atoms with van der Waals surface area (Å²) in [6.07, 6.45) is 3.20. The fourth-order valence-electron chi connectivity index (χ4n) is 2.96. The molecule has 0 atom stereocenters. The number of aliphatic imine (C=N–C) groups is 1. The molecule has 1 N–H and O–H groups in total. The van der Waals surface area contributed by atoms with Crippen molar-refractivity contribution >= 4 is 23.6 Å². The molecule has 0 amide bonds. The number of hydrogen-bond acceptors (Lipinski definition) is 4. The van der Waals surface area contributed by atoms with Crippen molar-refractivity contribution in [3.8, 4) is 11.6 Å². The summed E-state index contributed by atoms with van der Waals surface area (Å²) in [5, 5.41) is 10.4. The molecule has 0 saturated carbocycles. The van der Waals surface area contributed by atoms with Gasteiger partial charge in [0.2, 0.25) is 5.88 Å². The zero-order valence-corrected chi connectivity index (χ0v) is 14.0. The van der Waals surface area contributed by atoms with E-state index >= 15 is 0 Å². The molecule has 0 unspecified atom stereocenters. The van der Waals surface area contributed by atoms with Gasteiger partial charge in [0.15, 0.2) is 0 Å². The van der Waals surface area contributed by atoms with Crippen LogP contribution in [0.15, 0.2) is 69.2 Å². The van der Waals surface area contributed by atoms with E-state index in [2.05, 4.69) is 4.99 Å². The molecule has 6 nitrogen and oxygen atoms in total. The Kier molecular flexibility index (Phi) is 3.65. The highest BCUT2D eigenvalue weighted by atomic mass is 16.3. The van der Waals surface area contributed by atoms with Gasteiger partial charge < -0.3 is 5.11 Å². The number of fused-ring (bicyclic) bond motifs is 1. The zero-order chi connectivity index (χ0) is 18.3. The van der Waals surface area contributed by atoms with E-state index in [1.54, 1.807) is 42.6 Å². The maximum Gasteiger partial charge on any atom is 0.338 e. The Hall–Kier alpha value is -3.67. The Balaban J connectivity index is 1.98. The second-order valence-corrected chi connectivity index (χ2v) is 5.93. The summed E-state index contributed by atoms with van der Waals surface area (Å²) in [6, 6.07) is 16.1. The lowest BCUT2D eigenvalue weighted by Gasteiger charge is -2.11. The summed E-state index contributed by atoms with van der Waals surface area (Å²) in [6.45, 7) is 0. The number of benzene rings is 2. The highest BCUT2D eigenvalue weighted by molar-refractivity contribution is 6.21. The number of rotatable bonds is 2. The Labute approximate surface area is 148 Å². The number of para-hydroxylation sites is 2. The van der Waals surface area contributed by atoms with Gasteiger partial charge in [-0.15, -0.1) is 0 Å². The summed E-state index contributed by atoms with van der Waals surface area (Å²) in [7, 11) is 1.43. The van der Waals surface area contributed by atoms with E-state index in [9.17, 15) is 14.7 Å². The van der Waals surface area contributed by atoms with Crippen LogP contribution in [0.5, 0.6) is 5.88 Å². The number of aromatic nitrogens is 2. The molecule has 2 aromatic carbocycles. The highest BCUT2D eigenvalue weighted by Crippen LogP contribution is 2.32. The average molecular weight is 345 g/mol. The van der Waals surface area contributed by atoms with E-state index in [-0.39, 0.29) is 11.4 Å². The van der Waals surface area contributed by atoms with Crippen LogP contribution < -0.4 is 11.2 Å². The van der Waals surface area contributed by atoms with Gasteiger partial charge >= 0.3 is 5.69 Å². The zero-order valence-electron chi connectivity index (χ0n) is 14.0. The summed E-state index contributed by atoms with van der Waals surface area (Å²) >= 11 is 0. The molecule has 26 heavy (non-hydrogen) atoms. The smallest absolute Gasteiger partial charge is 0.338 e. The number of nitrogens with zero attached hydrogens (tertiary/aromatic N) is 3. The van der Waals surface area contributed by atoms with E-state index in [4.69, 9.17) is 0 Å². The third-order valence-electron chi connectivity index (χ3n) is 4.34. The maximum atomic E-state index is 13.0. The Morgan fingerprint density at radius 2 is 1.69 bits per heavy atom. The molecule has 1 aromatic heterocycles. The van der Waals surface area contributed by atoms with Crippen molar-refractivity contribution in [3.63, 3.8) is 0 Å². The van der Waals surface area contributed by atoms with Crippen LogP contribution in [0.2, 0.25) is 0 Å². The number of aromatic hydroxyl groups is 1. The minimum absolute atomic E-state index is 0.0362. The second kappa shape index (κ2) is 6.00. The summed E-state index contributed by atoms with van der Waals surface area (Å²) < 4.78 is 2.10. The standard InChI is InChI=1S/C20H15N3O3/c1-22-18(24)16(11-13-12-21-17-10-6-5-9-15(13)17)19(25)23(20(22)26)14-7-3-2-4-8-14/h2-12,24H,1H3. The van der Waals surface area contributed by atoms with Gasteiger partial charge in [0, 0.05) is 24.4 Å². The lowest BCUT2D eigenvalue weighted by atomic mass is 10.1. The first-order chi connectivity index (χ1) is 12.6. The fraction of sp³-hybridized carbons (Fsp3) is 0.0500. The van der Waals surface area contributed by atoms with Crippen LogP contribution in [-0.4, -0.2) is 20.5 Å². The fourth-order valence-corrected chi connectivity index (χ4v) is 2.96. The first-order valence-electron chi connectivity index (χ1n) is 8.03. The predicted octanol–water partition coefficient (Wildman–Crippen LogP) is 2.50. The monoisotopic (exact) mass is 345 g/mol. The van der Waals surface area contributed by atoms with Gasteiger partial charge in [0.1, 0.15) is 5.56 Å². The Morgan fingerprint density at radius 1 is 1.00 bits per heavy atom. The normalized spacial score (nSPS) is 14.0. The van der Waals surface area contributed by atoms with Gasteiger partial charge in [-0.1, -0.05) is 36.4 Å². The van der Waals surface area contributed by atoms with E-state index in [1.165, 1.54) is 7.05 Å². The molecule has 1 aliphatic rings. The molecular weight excluding hydrogens is 330 g/mol. The summed E-state index contributed by atoms with van der Waals surface area (Å²) in [5.41, 5.74) is 1.65. The molecule has 0 bridgehead atoms. The van der Waals surface area contributed by atoms with Crippen LogP contribution in [0.1, 0.15) is 11.1 Å². The first kappa shape index (κ1) is 15.8. The molecule has 0 fully saturated rings. The molecular formula is C20H15N3O3. The van der Waals surface area contributed by atoms with E-state index < -0.39 is 11.2 Å². The molecule has 0 spiro atoms. The van der Waals surface area contributed by atoms with E-state index in [0.717, 1.165) is 20.4 Å². The van der Waals surface area contributed by atoms with Crippen LogP contribution in [0.4, 0.5) is 5.69 Å². The van der Waals surface area contributed by atoms with Gasteiger partial charge in [-0.2, -0.15) is 0 Å². The average Bonchev–Trinajstić information content (AvgIpc) is 3.08. The third-order valence-corrected chi connectivity index (χ3v) is 4.34. The largest absolute Gasteiger partial charge is 0.494 e. The molecule has 0 saturated heterocycles. The minimum Gasteiger partial charge on any atom is -0.494 e. The van der Waals surface area contributed by atoms with Crippen LogP contribution in [0, 0.1) is 0 Å². The number of hydrogen-bond donors (Lipinski definition) is 1. The van der Waals surface area contributed by atoms with Crippen molar-refractivity contribution in [2.75, 3.05) is 0 Å². The van der Waals surface area contributed by atoms with Gasteiger partial charge in [-0.05, 0) is 24.3 Å². The molecule has 2 heterocycles. The van der Waals surface area contributed by atoms with Gasteiger partial charge in [-0.25, -0.2) is 9.36 Å². The van der Waals surface area contributed by atoms with Crippen molar-refractivity contribution in [3.05, 3.63) is 86.6 Å². The van der Waals surface area contributed by atoms with Gasteiger partial charge in [-0.3, -0.25) is 14.4 Å². The Morgan fingerprint density at radius 3 is 2.46 bits per heavy atom. The lowest BCUT2D eigenvalue weighted by Crippen LogP contribution is -2.38. The highest BCUT2D eigenvalue weighted by Gasteiger charge is 2.19. The molecule has 0 radical (unpaired) electrons. The lowest BCUT2D eigenvalue weighted by molar-refractivity contribution is 0.413. The van der Waals surface area contributed by atoms with Gasteiger partial charge in [0.25, 0.3) is 5.56 Å². The number of allylic oxidation sites excluding steroid dienone is 1. The van der Waals surface area contributed by atoms with Crippen molar-refractivity contribution in [1.82, 2.24) is 9.13 Å². The minimum atomic E-state index is -0.610.